The predicted molar refractivity (Wildman–Crippen MR) is 89.9 cm³/mol. The molecule has 1 fully saturated rings. The molecule has 136 valence electrons. The van der Waals surface area contributed by atoms with Gasteiger partial charge in [-0.2, -0.15) is 4.91 Å². The number of amides is 1. The van der Waals surface area contributed by atoms with Crippen LogP contribution in [0.4, 0.5) is 9.18 Å². The maximum atomic E-state index is 14.4. The first kappa shape index (κ1) is 17.7. The molecule has 0 aliphatic carbocycles. The molecule has 0 N–H and O–H groups in total. The van der Waals surface area contributed by atoms with E-state index in [1.54, 1.807) is 17.0 Å². The number of rotatable bonds is 6. The Bertz CT molecular complexity index is 794. The Labute approximate surface area is 148 Å². The quantitative estimate of drug-likeness (QED) is 0.735. The summed E-state index contributed by atoms with van der Waals surface area (Å²) in [6, 6.07) is 4.91. The second-order valence-electron chi connectivity index (χ2n) is 5.87. The first-order valence-electron chi connectivity index (χ1n) is 7.97. The predicted octanol–water partition coefficient (Wildman–Crippen LogP) is 2.63. The summed E-state index contributed by atoms with van der Waals surface area (Å²) < 4.78 is 24.5. The van der Waals surface area contributed by atoms with Crippen LogP contribution < -0.4 is 4.74 Å². The molecule has 0 spiro atoms. The van der Waals surface area contributed by atoms with Crippen molar-refractivity contribution in [2.24, 2.45) is 11.1 Å². The number of aromatic nitrogens is 2. The van der Waals surface area contributed by atoms with Crippen LogP contribution >= 0.6 is 0 Å². The van der Waals surface area contributed by atoms with Crippen LogP contribution in [0.3, 0.4) is 0 Å². The van der Waals surface area contributed by atoms with Crippen LogP contribution in [0, 0.1) is 16.6 Å². The summed E-state index contributed by atoms with van der Waals surface area (Å²) in [5, 5.41) is 2.72. The lowest BCUT2D eigenvalue weighted by Gasteiger charge is -2.37. The SMILES string of the molecule is COC(=O)N1CC(COc2ncc(-c3cccc(CN=O)c3F)cn2)C1. The smallest absolute Gasteiger partial charge is 0.409 e. The Morgan fingerprint density at radius 3 is 2.73 bits per heavy atom. The summed E-state index contributed by atoms with van der Waals surface area (Å²) >= 11 is 0. The van der Waals surface area contributed by atoms with Gasteiger partial charge < -0.3 is 14.4 Å². The van der Waals surface area contributed by atoms with E-state index in [0.29, 0.717) is 30.8 Å². The zero-order chi connectivity index (χ0) is 18.5. The maximum absolute atomic E-state index is 14.4. The van der Waals surface area contributed by atoms with Crippen LogP contribution in [-0.2, 0) is 11.3 Å². The van der Waals surface area contributed by atoms with Gasteiger partial charge in [0.25, 0.3) is 0 Å². The first-order valence-corrected chi connectivity index (χ1v) is 7.97. The molecule has 0 atom stereocenters. The molecule has 3 rings (SSSR count). The van der Waals surface area contributed by atoms with Crippen molar-refractivity contribution in [1.82, 2.24) is 14.9 Å². The van der Waals surface area contributed by atoms with Crippen molar-refractivity contribution in [3.63, 3.8) is 0 Å². The highest BCUT2D eigenvalue weighted by atomic mass is 19.1. The molecule has 1 amide bonds. The van der Waals surface area contributed by atoms with Crippen molar-refractivity contribution < 1.29 is 18.7 Å². The van der Waals surface area contributed by atoms with Gasteiger partial charge in [0, 0.05) is 48.1 Å². The van der Waals surface area contributed by atoms with Gasteiger partial charge in [0.05, 0.1) is 13.7 Å². The third-order valence-electron chi connectivity index (χ3n) is 4.09. The normalized spacial score (nSPS) is 13.8. The number of methoxy groups -OCH3 is 1. The van der Waals surface area contributed by atoms with Crippen molar-refractivity contribution >= 4 is 6.09 Å². The van der Waals surface area contributed by atoms with E-state index in [9.17, 15) is 14.1 Å². The number of halogens is 1. The van der Waals surface area contributed by atoms with Gasteiger partial charge in [-0.3, -0.25) is 0 Å². The summed E-state index contributed by atoms with van der Waals surface area (Å²) in [6.45, 7) is 1.27. The fourth-order valence-electron chi connectivity index (χ4n) is 2.67. The largest absolute Gasteiger partial charge is 0.463 e. The van der Waals surface area contributed by atoms with E-state index in [1.807, 2.05) is 0 Å². The number of hydrogen-bond acceptors (Lipinski definition) is 7. The van der Waals surface area contributed by atoms with E-state index in [0.717, 1.165) is 0 Å². The van der Waals surface area contributed by atoms with Crippen molar-refractivity contribution in [3.05, 3.63) is 46.9 Å². The molecule has 26 heavy (non-hydrogen) atoms. The number of carbonyl (C=O) groups is 1. The Hall–Kier alpha value is -3.10. The fourth-order valence-corrected chi connectivity index (χ4v) is 2.67. The topological polar surface area (TPSA) is 94.0 Å². The average Bonchev–Trinajstić information content (AvgIpc) is 2.62. The fraction of sp³-hybridized carbons (Fsp3) is 0.353. The summed E-state index contributed by atoms with van der Waals surface area (Å²) in [5.74, 6) is -0.316. The number of nitroso groups, excluding NO2 is 1. The van der Waals surface area contributed by atoms with E-state index < -0.39 is 5.82 Å². The van der Waals surface area contributed by atoms with Gasteiger partial charge in [0.2, 0.25) is 0 Å². The van der Waals surface area contributed by atoms with Gasteiger partial charge in [0.15, 0.2) is 0 Å². The second kappa shape index (κ2) is 7.85. The standard InChI is InChI=1S/C17H17FN4O4/c1-25-17(23)22-8-11(9-22)10-26-16-19-5-13(6-20-16)14-4-2-3-12(7-21-24)15(14)18/h2-6,11H,7-10H2,1H3. The Morgan fingerprint density at radius 2 is 2.08 bits per heavy atom. The van der Waals surface area contributed by atoms with E-state index >= 15 is 0 Å². The van der Waals surface area contributed by atoms with Crippen molar-refractivity contribution in [1.29, 1.82) is 0 Å². The van der Waals surface area contributed by atoms with Crippen molar-refractivity contribution in [2.45, 2.75) is 6.54 Å². The molecule has 0 radical (unpaired) electrons. The third kappa shape index (κ3) is 3.76. The van der Waals surface area contributed by atoms with Crippen LogP contribution in [0.1, 0.15) is 5.56 Å². The monoisotopic (exact) mass is 360 g/mol. The summed E-state index contributed by atoms with van der Waals surface area (Å²) in [6.07, 6.45) is 2.57. The molecule has 0 saturated carbocycles. The number of ether oxygens (including phenoxy) is 2. The number of benzene rings is 1. The number of likely N-dealkylation sites (tertiary alicyclic amines) is 1. The Balaban J connectivity index is 1.59. The lowest BCUT2D eigenvalue weighted by atomic mass is 10.0. The number of carbonyl (C=O) groups excluding carboxylic acids is 1. The lowest BCUT2D eigenvalue weighted by Crippen LogP contribution is -2.52. The molecule has 1 aliphatic rings. The molecule has 1 aromatic carbocycles. The molecule has 1 aliphatic heterocycles. The van der Waals surface area contributed by atoms with Crippen LogP contribution in [0.15, 0.2) is 35.8 Å². The zero-order valence-electron chi connectivity index (χ0n) is 14.1. The Kier molecular flexibility index (Phi) is 5.35. The lowest BCUT2D eigenvalue weighted by molar-refractivity contribution is 0.0464. The summed E-state index contributed by atoms with van der Waals surface area (Å²) in [7, 11) is 1.34. The van der Waals surface area contributed by atoms with E-state index in [2.05, 4.69) is 19.9 Å². The number of hydrogen-bond donors (Lipinski definition) is 0. The summed E-state index contributed by atoms with van der Waals surface area (Å²) in [4.78, 5) is 31.4. The van der Waals surface area contributed by atoms with E-state index in [1.165, 1.54) is 25.6 Å². The van der Waals surface area contributed by atoms with Gasteiger partial charge in [-0.25, -0.2) is 19.2 Å². The molecule has 1 aromatic heterocycles. The van der Waals surface area contributed by atoms with Gasteiger partial charge in [-0.15, -0.1) is 0 Å². The molecular weight excluding hydrogens is 343 g/mol. The molecule has 2 aromatic rings. The third-order valence-corrected chi connectivity index (χ3v) is 4.09. The van der Waals surface area contributed by atoms with Gasteiger partial charge >= 0.3 is 12.1 Å². The summed E-state index contributed by atoms with van der Waals surface area (Å²) in [5.41, 5.74) is 0.992. The molecule has 1 saturated heterocycles. The van der Waals surface area contributed by atoms with E-state index in [4.69, 9.17) is 4.74 Å². The molecule has 9 heteroatoms. The molecule has 2 heterocycles. The Morgan fingerprint density at radius 1 is 1.35 bits per heavy atom. The highest BCUT2D eigenvalue weighted by Gasteiger charge is 2.31. The van der Waals surface area contributed by atoms with Crippen molar-refractivity contribution in [2.75, 3.05) is 26.8 Å². The highest BCUT2D eigenvalue weighted by molar-refractivity contribution is 5.68. The number of nitrogens with zero attached hydrogens (tertiary/aromatic N) is 4. The maximum Gasteiger partial charge on any atom is 0.409 e. The minimum atomic E-state index is -0.512. The molecule has 0 unspecified atom stereocenters. The van der Waals surface area contributed by atoms with Crippen LogP contribution in [0.5, 0.6) is 6.01 Å². The average molecular weight is 360 g/mol. The molecular formula is C17H17FN4O4. The van der Waals surface area contributed by atoms with Crippen LogP contribution in [0.2, 0.25) is 0 Å². The molecule has 8 nitrogen and oxygen atoms in total. The molecule has 0 bridgehead atoms. The van der Waals surface area contributed by atoms with Gasteiger partial charge in [0.1, 0.15) is 12.4 Å². The zero-order valence-corrected chi connectivity index (χ0v) is 14.1. The van der Waals surface area contributed by atoms with E-state index in [-0.39, 0.29) is 30.1 Å². The highest BCUT2D eigenvalue weighted by Crippen LogP contribution is 2.25. The van der Waals surface area contributed by atoms with Gasteiger partial charge in [-0.05, 0) is 0 Å². The second-order valence-corrected chi connectivity index (χ2v) is 5.87. The first-order chi connectivity index (χ1) is 12.6. The minimum absolute atomic E-state index is 0.177. The minimum Gasteiger partial charge on any atom is -0.463 e. The van der Waals surface area contributed by atoms with Crippen LogP contribution in [-0.4, -0.2) is 47.8 Å². The van der Waals surface area contributed by atoms with Crippen LogP contribution in [0.25, 0.3) is 11.1 Å². The van der Waals surface area contributed by atoms with Gasteiger partial charge in [-0.1, -0.05) is 23.4 Å². The van der Waals surface area contributed by atoms with Crippen molar-refractivity contribution in [3.8, 4) is 17.1 Å².